The molecule has 7 heterocycles. The topological polar surface area (TPSA) is 116 Å². The molecule has 0 spiro atoms. The Labute approximate surface area is 416 Å². The van der Waals surface area contributed by atoms with Crippen LogP contribution in [0.3, 0.4) is 0 Å². The summed E-state index contributed by atoms with van der Waals surface area (Å²) >= 11 is 0. The van der Waals surface area contributed by atoms with Crippen molar-refractivity contribution < 1.29 is 32.5 Å². The van der Waals surface area contributed by atoms with Gasteiger partial charge >= 0.3 is 0 Å². The highest BCUT2D eigenvalue weighted by Crippen LogP contribution is 2.45. The predicted octanol–water partition coefficient (Wildman–Crippen LogP) is 8.98. The molecular weight excluding hydrogens is 913 g/mol. The number of fused-ring (bicyclic) bond motifs is 2. The molecule has 4 aliphatic rings. The maximum atomic E-state index is 16.3. The van der Waals surface area contributed by atoms with E-state index in [1.807, 2.05) is 89.7 Å². The lowest BCUT2D eigenvalue weighted by molar-refractivity contribution is -0.107. The van der Waals surface area contributed by atoms with Gasteiger partial charge in [0.15, 0.2) is 6.29 Å². The number of ether oxygens (including phenoxy) is 4. The van der Waals surface area contributed by atoms with E-state index in [1.54, 1.807) is 18.3 Å². The fourth-order valence-corrected chi connectivity index (χ4v) is 10.2. The first-order valence-corrected chi connectivity index (χ1v) is 24.5. The van der Waals surface area contributed by atoms with Gasteiger partial charge in [-0.1, -0.05) is 91.0 Å². The van der Waals surface area contributed by atoms with Crippen LogP contribution in [0.1, 0.15) is 44.5 Å². The Balaban J connectivity index is 0.000000188. The summed E-state index contributed by atoms with van der Waals surface area (Å²) in [7, 11) is 0. The second kappa shape index (κ2) is 21.1. The van der Waals surface area contributed by atoms with Gasteiger partial charge in [-0.25, -0.2) is 23.4 Å². The Morgan fingerprint density at radius 2 is 1.15 bits per heavy atom. The zero-order valence-electron chi connectivity index (χ0n) is 39.7. The Morgan fingerprint density at radius 1 is 0.611 bits per heavy atom. The smallest absolute Gasteiger partial charge is 0.161 e. The molecule has 0 radical (unpaired) electrons. The van der Waals surface area contributed by atoms with Crippen LogP contribution >= 0.6 is 0 Å². The Bertz CT molecular complexity index is 3110. The van der Waals surface area contributed by atoms with Crippen molar-refractivity contribution in [2.45, 2.75) is 31.2 Å². The third kappa shape index (κ3) is 9.30. The zero-order chi connectivity index (χ0) is 48.9. The molecule has 4 aliphatic heterocycles. The number of anilines is 2. The Morgan fingerprint density at radius 3 is 1.72 bits per heavy atom. The van der Waals surface area contributed by atoms with Crippen molar-refractivity contribution in [1.29, 1.82) is 0 Å². The van der Waals surface area contributed by atoms with E-state index in [9.17, 15) is 9.18 Å². The van der Waals surface area contributed by atoms with Gasteiger partial charge in [-0.2, -0.15) is 5.10 Å². The number of morpholine rings is 2. The number of carbonyl (C=O) groups excluding carboxylic acids is 1. The van der Waals surface area contributed by atoms with E-state index >= 15 is 4.39 Å². The molecule has 14 heteroatoms. The molecule has 5 aromatic carbocycles. The van der Waals surface area contributed by atoms with Crippen LogP contribution < -0.4 is 9.80 Å². The Kier molecular flexibility index (Phi) is 13.7. The molecular formula is C58H53F2N7O5. The summed E-state index contributed by atoms with van der Waals surface area (Å²) < 4.78 is 54.8. The monoisotopic (exact) mass is 965 g/mol. The fourth-order valence-electron chi connectivity index (χ4n) is 10.2. The van der Waals surface area contributed by atoms with E-state index in [2.05, 4.69) is 62.2 Å². The lowest BCUT2D eigenvalue weighted by Crippen LogP contribution is -2.38. The number of aliphatic imine (C=N–C) groups is 1. The molecule has 0 aliphatic carbocycles. The van der Waals surface area contributed by atoms with Crippen LogP contribution in [0.5, 0.6) is 0 Å². The summed E-state index contributed by atoms with van der Waals surface area (Å²) in [5, 5.41) is 6.32. The standard InChI is InChI=1S/C39H35FN4O3.C19H18FN3O2/c40-34-27-35-33(24-29(34)26-37-46-22-23-47-37)38(28-16-17-41-36(25-28)43-18-20-45-21-19-43)42-44(35)39(30-10-4-1-5-11-30,31-12-6-2-7-13-31)32-14-8-3-9-15-32;20-17-10-15-12-22-19(16(15)9-13(17)2-6-24)14-1-3-21-18(11-14)23-4-7-25-8-5-23/h1-17,24-25,27,37H,18-23,26H2;1,3,6,9-11H,2,4-5,7-8,12H2. The molecule has 0 amide bonds. The number of carbonyl (C=O) groups is 1. The molecule has 8 aromatic rings. The third-order valence-electron chi connectivity index (χ3n) is 13.8. The molecule has 0 unspecified atom stereocenters. The average Bonchev–Trinajstić information content (AvgIpc) is 4.21. The van der Waals surface area contributed by atoms with Crippen molar-refractivity contribution in [3.05, 3.63) is 208 Å². The van der Waals surface area contributed by atoms with Crippen molar-refractivity contribution in [2.75, 3.05) is 75.6 Å². The second-order valence-corrected chi connectivity index (χ2v) is 18.0. The van der Waals surface area contributed by atoms with Crippen molar-refractivity contribution >= 4 is 34.5 Å². The first-order valence-electron chi connectivity index (χ1n) is 24.5. The van der Waals surface area contributed by atoms with Crippen molar-refractivity contribution in [3.63, 3.8) is 0 Å². The van der Waals surface area contributed by atoms with Gasteiger partial charge in [0, 0.05) is 79.6 Å². The van der Waals surface area contributed by atoms with Crippen LogP contribution in [0.2, 0.25) is 0 Å². The number of aromatic nitrogens is 4. The number of rotatable bonds is 12. The van der Waals surface area contributed by atoms with E-state index in [-0.39, 0.29) is 18.1 Å². The predicted molar refractivity (Wildman–Crippen MR) is 273 cm³/mol. The van der Waals surface area contributed by atoms with Gasteiger partial charge in [0.05, 0.1) is 57.4 Å². The van der Waals surface area contributed by atoms with Gasteiger partial charge in [-0.05, 0) is 75.8 Å². The highest BCUT2D eigenvalue weighted by molar-refractivity contribution is 6.15. The van der Waals surface area contributed by atoms with Crippen LogP contribution in [0.25, 0.3) is 22.2 Å². The molecule has 0 N–H and O–H groups in total. The highest BCUT2D eigenvalue weighted by Gasteiger charge is 2.41. The van der Waals surface area contributed by atoms with E-state index in [0.29, 0.717) is 69.3 Å². The molecule has 3 fully saturated rings. The second-order valence-electron chi connectivity index (χ2n) is 18.0. The minimum Gasteiger partial charge on any atom is -0.378 e. The summed E-state index contributed by atoms with van der Waals surface area (Å²) in [6, 6.07) is 45.8. The van der Waals surface area contributed by atoms with Gasteiger partial charge in [0.25, 0.3) is 0 Å². The van der Waals surface area contributed by atoms with Crippen molar-refractivity contribution in [1.82, 2.24) is 19.7 Å². The zero-order valence-corrected chi connectivity index (χ0v) is 39.7. The van der Waals surface area contributed by atoms with Crippen molar-refractivity contribution in [3.8, 4) is 11.3 Å². The highest BCUT2D eigenvalue weighted by atomic mass is 19.1. The molecule has 364 valence electrons. The van der Waals surface area contributed by atoms with Crippen LogP contribution in [-0.4, -0.2) is 104 Å². The number of hydrogen-bond donors (Lipinski definition) is 0. The quantitative estimate of drug-likeness (QED) is 0.0868. The van der Waals surface area contributed by atoms with Crippen LogP contribution in [0.15, 0.2) is 157 Å². The van der Waals surface area contributed by atoms with Gasteiger partial charge in [-0.3, -0.25) is 4.99 Å². The van der Waals surface area contributed by atoms with Crippen molar-refractivity contribution in [2.24, 2.45) is 4.99 Å². The molecule has 3 saturated heterocycles. The molecule has 12 rings (SSSR count). The van der Waals surface area contributed by atoms with Crippen LogP contribution in [-0.2, 0) is 48.7 Å². The molecule has 0 atom stereocenters. The summed E-state index contributed by atoms with van der Waals surface area (Å²) in [5.74, 6) is 1.10. The summed E-state index contributed by atoms with van der Waals surface area (Å²) in [5.41, 5.74) is 8.91. The first kappa shape index (κ1) is 46.9. The van der Waals surface area contributed by atoms with E-state index < -0.39 is 11.8 Å². The number of hydrogen-bond acceptors (Lipinski definition) is 11. The number of pyridine rings is 2. The number of nitrogens with zero attached hydrogens (tertiary/aromatic N) is 7. The average molecular weight is 966 g/mol. The van der Waals surface area contributed by atoms with E-state index in [1.165, 1.54) is 6.07 Å². The minimum absolute atomic E-state index is 0.0712. The van der Waals surface area contributed by atoms with Gasteiger partial charge < -0.3 is 33.5 Å². The molecule has 0 saturated carbocycles. The third-order valence-corrected chi connectivity index (χ3v) is 13.8. The molecule has 72 heavy (non-hydrogen) atoms. The number of benzene rings is 5. The minimum atomic E-state index is -0.925. The number of aldehydes is 1. The molecule has 0 bridgehead atoms. The fraction of sp³-hybridized carbons (Fsp3) is 0.259. The summed E-state index contributed by atoms with van der Waals surface area (Å²) in [6.07, 6.45) is 4.22. The summed E-state index contributed by atoms with van der Waals surface area (Å²) in [4.78, 5) is 29.0. The van der Waals surface area contributed by atoms with Crippen LogP contribution in [0, 0.1) is 11.6 Å². The lowest BCUT2D eigenvalue weighted by Gasteiger charge is -2.37. The van der Waals surface area contributed by atoms with Gasteiger partial charge in [0.1, 0.15) is 40.8 Å². The molecule has 3 aromatic heterocycles. The SMILES string of the molecule is Fc1cc2c(cc1CC1OCCO1)c(-c1ccnc(N3CCOCC3)c1)nn2C(c1ccccc1)(c1ccccc1)c1ccccc1.O=CCc1cc2c(cc1F)CN=C2c1ccnc(N2CCOCC2)c1. The van der Waals surface area contributed by atoms with Gasteiger partial charge in [0.2, 0.25) is 0 Å². The first-order chi connectivity index (χ1) is 35.5. The normalized spacial score (nSPS) is 16.1. The molecule has 12 nitrogen and oxygen atoms in total. The lowest BCUT2D eigenvalue weighted by atomic mass is 9.77. The Hall–Kier alpha value is -7.49. The van der Waals surface area contributed by atoms with Crippen LogP contribution in [0.4, 0.5) is 20.4 Å². The maximum absolute atomic E-state index is 16.3. The number of halogens is 2. The summed E-state index contributed by atoms with van der Waals surface area (Å²) in [6.45, 7) is 7.34. The maximum Gasteiger partial charge on any atom is 0.161 e. The van der Waals surface area contributed by atoms with Gasteiger partial charge in [-0.15, -0.1) is 0 Å². The van der Waals surface area contributed by atoms with E-state index in [0.717, 1.165) is 99.8 Å². The van der Waals surface area contributed by atoms with E-state index in [4.69, 9.17) is 29.0 Å². The largest absolute Gasteiger partial charge is 0.378 e.